The second kappa shape index (κ2) is 22.8. The van der Waals surface area contributed by atoms with E-state index in [1.54, 1.807) is 0 Å². The number of aromatic nitrogens is 2. The largest absolute Gasteiger partial charge is 0.505 e. The molecule has 0 aliphatic rings. The molecule has 40 nitrogen and oxygen atoms in total. The summed E-state index contributed by atoms with van der Waals surface area (Å²) in [5.41, 5.74) is -6.30. The first kappa shape index (κ1) is 63.6. The van der Waals surface area contributed by atoms with Gasteiger partial charge in [-0.15, -0.1) is 40.9 Å². The number of phenolic OH excluding ortho intramolecular Hbond substituents is 2. The van der Waals surface area contributed by atoms with Crippen LogP contribution in [0, 0.1) is 20.2 Å². The van der Waals surface area contributed by atoms with E-state index in [1.807, 2.05) is 0 Å². The third kappa shape index (κ3) is 12.8. The summed E-state index contributed by atoms with van der Waals surface area (Å²) in [6.45, 7) is -0.243. The van der Waals surface area contributed by atoms with Gasteiger partial charge in [-0.25, -0.2) is 4.68 Å². The molecule has 46 heteroatoms. The van der Waals surface area contributed by atoms with E-state index in [0.717, 1.165) is 48.5 Å². The molecule has 0 unspecified atom stereocenters. The molecule has 8 aromatic rings. The number of carbonyl (C=O) groups excluding carboxylic acids is 1. The van der Waals surface area contributed by atoms with Crippen molar-refractivity contribution in [3.8, 4) is 23.1 Å². The summed E-state index contributed by atoms with van der Waals surface area (Å²) < 4.78 is 215. The minimum atomic E-state index is -5.84. The van der Waals surface area contributed by atoms with Crippen molar-refractivity contribution in [1.82, 2.24) is 9.78 Å². The number of aromatic amines is 1. The van der Waals surface area contributed by atoms with E-state index in [1.165, 1.54) is 0 Å². The van der Waals surface area contributed by atoms with Crippen molar-refractivity contribution in [2.45, 2.75) is 29.4 Å². The molecule has 7 aromatic carbocycles. The molecule has 1 aromatic heterocycles. The van der Waals surface area contributed by atoms with Gasteiger partial charge in [0.2, 0.25) is 11.6 Å². The Balaban J connectivity index is 1.25. The van der Waals surface area contributed by atoms with Gasteiger partial charge in [-0.05, 0) is 60.7 Å². The van der Waals surface area contributed by atoms with Gasteiger partial charge in [0.25, 0.3) is 78.6 Å². The molecule has 0 atom stereocenters. The Morgan fingerprint density at radius 2 is 1.02 bits per heavy atom. The normalized spacial score (nSPS) is 13.0. The van der Waals surface area contributed by atoms with Crippen LogP contribution in [0.4, 0.5) is 62.6 Å². The summed E-state index contributed by atoms with van der Waals surface area (Å²) in [5, 5.41) is 73.9. The van der Waals surface area contributed by atoms with Crippen LogP contribution in [-0.2, 0) is 65.5 Å². The van der Waals surface area contributed by atoms with Crippen LogP contribution in [0.25, 0.3) is 27.2 Å². The third-order valence-corrected chi connectivity index (χ3v) is 17.0. The highest BCUT2D eigenvalue weighted by Crippen LogP contribution is 2.49. The summed E-state index contributed by atoms with van der Waals surface area (Å²) in [6, 6.07) is 9.73. The molecule has 88 heavy (non-hydrogen) atoms. The predicted octanol–water partition coefficient (Wildman–Crippen LogP) is 6.96. The van der Waals surface area contributed by atoms with Gasteiger partial charge >= 0.3 is 5.56 Å². The molecule has 0 saturated carbocycles. The number of nitrogen functional groups attached to an aromatic ring is 1. The zero-order valence-electron chi connectivity index (χ0n) is 42.0. The monoisotopic (exact) mass is 1340 g/mol. The first-order valence-corrected chi connectivity index (χ1v) is 31.0. The van der Waals surface area contributed by atoms with Crippen LogP contribution in [0.15, 0.2) is 166 Å². The van der Waals surface area contributed by atoms with Crippen LogP contribution < -0.4 is 16.0 Å². The van der Waals surface area contributed by atoms with Crippen molar-refractivity contribution in [2.24, 2.45) is 40.9 Å². The van der Waals surface area contributed by atoms with E-state index in [9.17, 15) is 118 Å². The highest BCUT2D eigenvalue weighted by Gasteiger charge is 2.31. The lowest BCUT2D eigenvalue weighted by atomic mass is 10.1. The first-order chi connectivity index (χ1) is 40.7. The Morgan fingerprint density at radius 1 is 0.500 bits per heavy atom. The number of hydrogen-bond donors (Lipinski definition) is 10. The lowest BCUT2D eigenvalue weighted by Gasteiger charge is -2.13. The van der Waals surface area contributed by atoms with Crippen molar-refractivity contribution in [1.29, 1.82) is 0 Å². The van der Waals surface area contributed by atoms with Crippen LogP contribution in [0.3, 0.4) is 0 Å². The van der Waals surface area contributed by atoms with Gasteiger partial charge in [0.15, 0.2) is 17.2 Å². The lowest BCUT2D eigenvalue weighted by molar-refractivity contribution is -0.385. The molecule has 0 aliphatic heterocycles. The zero-order valence-corrected chi connectivity index (χ0v) is 46.9. The molecule has 0 aliphatic carbocycles. The summed E-state index contributed by atoms with van der Waals surface area (Å²) in [5.74, 6) is -3.43. The van der Waals surface area contributed by atoms with Gasteiger partial charge in [-0.2, -0.15) is 50.5 Å². The molecule has 0 bridgehead atoms. The molecule has 1 heterocycles. The van der Waals surface area contributed by atoms with E-state index in [0.29, 0.717) is 35.0 Å². The fourth-order valence-electron chi connectivity index (χ4n) is 7.83. The topological polar surface area (TPSA) is 642 Å². The standard InChI is InChI=1S/C42H27N13O27S6/c43-35-28(14-30(84(67,68)69)21-7-9-24(39(58)34(21)35)45-44-23-8-3-18(54(60)61)11-31(23)85(70,71)72)49-46-25-10-6-20-22(40(25)88(79,80)81)12-33(87(76,77)78)36(38(20)57)50-47-26-13-27(32(86(73,74)75)15-29(26)55(62)63)48-51-37-41(82-16-56)52-53(42(37)59)17-1-4-19(5-2-17)83(64,65)66/h1-16,52,57-58H,43H2,(H,64,65,66)(H,67,68,69)(H,70,71,72)(H,73,74,75)(H,76,77,78)(H,79,80,81). The van der Waals surface area contributed by atoms with Crippen molar-refractivity contribution < 1.29 is 107 Å². The fraction of sp³-hybridized carbons (Fsp3) is 0. The van der Waals surface area contributed by atoms with Crippen molar-refractivity contribution >= 4 is 151 Å². The Kier molecular flexibility index (Phi) is 16.5. The van der Waals surface area contributed by atoms with Crippen LogP contribution in [0.5, 0.6) is 17.4 Å². The van der Waals surface area contributed by atoms with Gasteiger partial charge in [-0.1, -0.05) is 6.07 Å². The lowest BCUT2D eigenvalue weighted by Crippen LogP contribution is -2.14. The number of non-ortho nitro benzene ring substituents is 1. The number of benzene rings is 7. The van der Waals surface area contributed by atoms with Gasteiger partial charge in [0, 0.05) is 40.4 Å². The maximum absolute atomic E-state index is 13.5. The van der Waals surface area contributed by atoms with Crippen LogP contribution in [0.2, 0.25) is 0 Å². The van der Waals surface area contributed by atoms with Gasteiger partial charge in [-0.3, -0.25) is 62.2 Å². The Hall–Kier alpha value is -10.4. The number of fused-ring (bicyclic) bond motifs is 2. The first-order valence-electron chi connectivity index (χ1n) is 22.3. The molecule has 0 fully saturated rings. The van der Waals surface area contributed by atoms with Crippen LogP contribution in [0.1, 0.15) is 0 Å². The predicted molar refractivity (Wildman–Crippen MR) is 291 cm³/mol. The van der Waals surface area contributed by atoms with E-state index in [2.05, 4.69) is 46.0 Å². The Labute approximate surface area is 486 Å². The molecule has 11 N–H and O–H groups in total. The second-order valence-electron chi connectivity index (χ2n) is 17.0. The number of nitrogens with two attached hydrogens (primary N) is 1. The van der Waals surface area contributed by atoms with Crippen molar-refractivity contribution in [2.75, 3.05) is 5.73 Å². The number of carbonyl (C=O) groups is 1. The number of rotatable bonds is 19. The number of anilines is 1. The van der Waals surface area contributed by atoms with Crippen molar-refractivity contribution in [3.63, 3.8) is 0 Å². The zero-order chi connectivity index (χ0) is 65.1. The Morgan fingerprint density at radius 3 is 1.59 bits per heavy atom. The minimum absolute atomic E-state index is 0.0890. The highest BCUT2D eigenvalue weighted by molar-refractivity contribution is 7.87. The van der Waals surface area contributed by atoms with Gasteiger partial charge in [0.1, 0.15) is 58.6 Å². The third-order valence-electron chi connectivity index (χ3n) is 11.6. The summed E-state index contributed by atoms with van der Waals surface area (Å²) >= 11 is 0. The molecular formula is C42H27N13O27S6. The number of phenols is 2. The Bertz CT molecular complexity index is 5330. The molecular weight excluding hydrogens is 1310 g/mol. The van der Waals surface area contributed by atoms with E-state index in [4.69, 9.17) is 10.5 Å². The van der Waals surface area contributed by atoms with E-state index < -0.39 is 207 Å². The van der Waals surface area contributed by atoms with Gasteiger partial charge < -0.3 is 20.7 Å². The average Bonchev–Trinajstić information content (AvgIpc) is 0.959. The molecule has 458 valence electrons. The van der Waals surface area contributed by atoms with Crippen LogP contribution >= 0.6 is 0 Å². The number of azo groups is 4. The number of ether oxygens (including phenoxy) is 1. The molecule has 8 rings (SSSR count). The number of H-pyrrole nitrogens is 1. The number of hydrogen-bond acceptors (Lipinski definition) is 30. The molecule has 0 amide bonds. The van der Waals surface area contributed by atoms with E-state index in [-0.39, 0.29) is 24.3 Å². The fourth-order valence-corrected chi connectivity index (χ4v) is 11.8. The summed E-state index contributed by atoms with van der Waals surface area (Å²) in [7, 11) is -32.6. The van der Waals surface area contributed by atoms with E-state index >= 15 is 0 Å². The average molecular weight is 1340 g/mol. The maximum atomic E-state index is 13.5. The second-order valence-corrected chi connectivity index (χ2v) is 25.3. The SMILES string of the molecule is Nc1c(N=Nc2ccc3c(O)c(N=Nc4cc(N=Nc5c(OC=O)[nH]n(-c6ccc(S(=O)(=O)O)cc6)c5=O)c(S(=O)(=O)O)cc4[N+](=O)[O-])c(S(=O)(=O)O)cc3c2S(=O)(=O)O)cc(S(=O)(=O)O)c2ccc(N=Nc3ccc([N+](=O)[O-])cc3S(=O)(=O)O)c(O)c12. The molecule has 0 saturated heterocycles. The highest BCUT2D eigenvalue weighted by atomic mass is 32.2. The van der Waals surface area contributed by atoms with Crippen LogP contribution in [-0.4, -0.2) is 114 Å². The summed E-state index contributed by atoms with van der Waals surface area (Å²) in [6.07, 6.45) is 0. The number of aromatic hydroxyl groups is 2. The number of nitrogens with zero attached hydrogens (tertiary/aromatic N) is 11. The number of nitrogens with one attached hydrogen (secondary N) is 1. The number of nitro groups is 2. The number of nitro benzene ring substituents is 2. The van der Waals surface area contributed by atoms with Gasteiger partial charge in [0.05, 0.1) is 31.5 Å². The summed E-state index contributed by atoms with van der Waals surface area (Å²) in [4.78, 5) is 38.5. The molecule has 0 spiro atoms. The minimum Gasteiger partial charge on any atom is -0.505 e. The van der Waals surface area contributed by atoms with Crippen molar-refractivity contribution in [3.05, 3.63) is 122 Å². The quantitative estimate of drug-likeness (QED) is 0.00976. The molecule has 0 radical (unpaired) electrons. The smallest absolute Gasteiger partial charge is 0.303 e. The maximum Gasteiger partial charge on any atom is 0.303 e.